The highest BCUT2D eigenvalue weighted by Gasteiger charge is 2.18. The van der Waals surface area contributed by atoms with Gasteiger partial charge in [0.15, 0.2) is 0 Å². The molecule has 2 N–H and O–H groups in total. The van der Waals surface area contributed by atoms with Gasteiger partial charge in [-0.2, -0.15) is 5.10 Å². The average Bonchev–Trinajstić information content (AvgIpc) is 2.47. The summed E-state index contributed by atoms with van der Waals surface area (Å²) in [6, 6.07) is 0.0185. The minimum Gasteiger partial charge on any atom is -0.383 e. The van der Waals surface area contributed by atoms with Crippen molar-refractivity contribution in [3.63, 3.8) is 0 Å². The molecule has 1 fully saturated rings. The number of rotatable bonds is 1. The number of nitrogen functional groups attached to an aromatic ring is 1. The van der Waals surface area contributed by atoms with Gasteiger partial charge >= 0.3 is 0 Å². The first-order valence-electron chi connectivity index (χ1n) is 4.43. The molecule has 5 nitrogen and oxygen atoms in total. The van der Waals surface area contributed by atoms with Gasteiger partial charge in [0.05, 0.1) is 32.6 Å². The molecule has 0 bridgehead atoms. The SMILES string of the molecule is Nc1c(Cl)cnn1C1COCCOC1. The predicted octanol–water partition coefficient (Wildman–Crippen LogP) is 0.707. The average molecular weight is 218 g/mol. The summed E-state index contributed by atoms with van der Waals surface area (Å²) in [7, 11) is 0. The van der Waals surface area contributed by atoms with Crippen LogP contribution >= 0.6 is 11.6 Å². The smallest absolute Gasteiger partial charge is 0.141 e. The van der Waals surface area contributed by atoms with Crippen molar-refractivity contribution in [2.24, 2.45) is 0 Å². The lowest BCUT2D eigenvalue weighted by atomic mass is 10.3. The standard InChI is InChI=1S/C8H12ClN3O2/c9-7-3-11-12(8(7)10)6-4-13-1-2-14-5-6/h3,6H,1-2,4-5,10H2. The highest BCUT2D eigenvalue weighted by Crippen LogP contribution is 2.22. The normalized spacial score (nSPS) is 19.5. The van der Waals surface area contributed by atoms with Crippen molar-refractivity contribution in [3.05, 3.63) is 11.2 Å². The van der Waals surface area contributed by atoms with Gasteiger partial charge in [0.2, 0.25) is 0 Å². The van der Waals surface area contributed by atoms with Gasteiger partial charge in [-0.1, -0.05) is 11.6 Å². The first-order valence-corrected chi connectivity index (χ1v) is 4.81. The van der Waals surface area contributed by atoms with Crippen LogP contribution in [0, 0.1) is 0 Å². The molecule has 1 aliphatic heterocycles. The molecule has 1 saturated heterocycles. The van der Waals surface area contributed by atoms with Crippen LogP contribution in [0.5, 0.6) is 0 Å². The zero-order valence-corrected chi connectivity index (χ0v) is 8.41. The maximum Gasteiger partial charge on any atom is 0.141 e. The number of hydrogen-bond acceptors (Lipinski definition) is 4. The fourth-order valence-corrected chi connectivity index (χ4v) is 1.52. The molecular formula is C8H12ClN3O2. The Morgan fingerprint density at radius 2 is 2.07 bits per heavy atom. The van der Waals surface area contributed by atoms with E-state index in [1.807, 2.05) is 0 Å². The summed E-state index contributed by atoms with van der Waals surface area (Å²) < 4.78 is 12.3. The van der Waals surface area contributed by atoms with E-state index >= 15 is 0 Å². The summed E-state index contributed by atoms with van der Waals surface area (Å²) in [6.07, 6.45) is 1.53. The molecule has 2 rings (SSSR count). The van der Waals surface area contributed by atoms with Gasteiger partial charge < -0.3 is 15.2 Å². The number of nitrogens with two attached hydrogens (primary N) is 1. The van der Waals surface area contributed by atoms with Crippen molar-refractivity contribution < 1.29 is 9.47 Å². The Morgan fingerprint density at radius 1 is 1.43 bits per heavy atom. The Hall–Kier alpha value is -0.780. The zero-order chi connectivity index (χ0) is 9.97. The summed E-state index contributed by atoms with van der Waals surface area (Å²) in [5.41, 5.74) is 5.74. The third-order valence-corrected chi connectivity index (χ3v) is 2.42. The lowest BCUT2D eigenvalue weighted by molar-refractivity contribution is 0.103. The molecule has 6 heteroatoms. The summed E-state index contributed by atoms with van der Waals surface area (Å²) in [5.74, 6) is 0.464. The summed E-state index contributed by atoms with van der Waals surface area (Å²) in [4.78, 5) is 0. The Labute approximate surface area is 86.7 Å². The third kappa shape index (κ3) is 1.84. The first-order chi connectivity index (χ1) is 6.79. The van der Waals surface area contributed by atoms with Crippen LogP contribution in [0.15, 0.2) is 6.20 Å². The summed E-state index contributed by atoms with van der Waals surface area (Å²) in [5, 5.41) is 4.55. The van der Waals surface area contributed by atoms with Crippen molar-refractivity contribution in [2.45, 2.75) is 6.04 Å². The van der Waals surface area contributed by atoms with Crippen LogP contribution in [-0.2, 0) is 9.47 Å². The van der Waals surface area contributed by atoms with Gasteiger partial charge in [-0.25, -0.2) is 4.68 Å². The number of nitrogens with zero attached hydrogens (tertiary/aromatic N) is 2. The monoisotopic (exact) mass is 217 g/mol. The van der Waals surface area contributed by atoms with Crippen LogP contribution in [0.3, 0.4) is 0 Å². The van der Waals surface area contributed by atoms with Crippen molar-refractivity contribution in [1.29, 1.82) is 0 Å². The Morgan fingerprint density at radius 3 is 2.57 bits per heavy atom. The van der Waals surface area contributed by atoms with E-state index in [-0.39, 0.29) is 6.04 Å². The van der Waals surface area contributed by atoms with Crippen molar-refractivity contribution in [3.8, 4) is 0 Å². The minimum atomic E-state index is 0.0185. The molecule has 1 aromatic heterocycles. The van der Waals surface area contributed by atoms with E-state index in [1.165, 1.54) is 6.20 Å². The molecule has 0 unspecified atom stereocenters. The summed E-state index contributed by atoms with van der Waals surface area (Å²) in [6.45, 7) is 2.35. The van der Waals surface area contributed by atoms with Crippen molar-refractivity contribution in [2.75, 3.05) is 32.2 Å². The Bertz CT molecular complexity index is 308. The Balaban J connectivity index is 2.16. The van der Waals surface area contributed by atoms with E-state index < -0.39 is 0 Å². The summed E-state index contributed by atoms with van der Waals surface area (Å²) >= 11 is 5.80. The maximum absolute atomic E-state index is 5.80. The van der Waals surface area contributed by atoms with Gasteiger partial charge in [0.25, 0.3) is 0 Å². The molecule has 0 aromatic carbocycles. The quantitative estimate of drug-likeness (QED) is 0.753. The van der Waals surface area contributed by atoms with E-state index in [9.17, 15) is 0 Å². The highest BCUT2D eigenvalue weighted by atomic mass is 35.5. The van der Waals surface area contributed by atoms with E-state index in [2.05, 4.69) is 5.10 Å². The zero-order valence-electron chi connectivity index (χ0n) is 7.65. The molecule has 1 aromatic rings. The highest BCUT2D eigenvalue weighted by molar-refractivity contribution is 6.32. The van der Waals surface area contributed by atoms with Gasteiger partial charge in [-0.3, -0.25) is 0 Å². The van der Waals surface area contributed by atoms with E-state index in [0.29, 0.717) is 37.3 Å². The molecule has 2 heterocycles. The molecule has 0 aliphatic carbocycles. The topological polar surface area (TPSA) is 62.3 Å². The molecule has 14 heavy (non-hydrogen) atoms. The fraction of sp³-hybridized carbons (Fsp3) is 0.625. The molecule has 0 atom stereocenters. The predicted molar refractivity (Wildman–Crippen MR) is 52.3 cm³/mol. The van der Waals surface area contributed by atoms with E-state index in [4.69, 9.17) is 26.8 Å². The first kappa shape index (κ1) is 9.76. The van der Waals surface area contributed by atoms with Gasteiger partial charge in [-0.05, 0) is 0 Å². The second kappa shape index (κ2) is 4.16. The Kier molecular flexibility index (Phi) is 2.90. The van der Waals surface area contributed by atoms with Gasteiger partial charge in [-0.15, -0.1) is 0 Å². The van der Waals surface area contributed by atoms with Crippen molar-refractivity contribution in [1.82, 2.24) is 9.78 Å². The van der Waals surface area contributed by atoms with Crippen LogP contribution < -0.4 is 5.73 Å². The number of halogens is 1. The van der Waals surface area contributed by atoms with Crippen molar-refractivity contribution >= 4 is 17.4 Å². The maximum atomic E-state index is 5.80. The molecule has 78 valence electrons. The second-order valence-corrected chi connectivity index (χ2v) is 3.53. The van der Waals surface area contributed by atoms with Crippen LogP contribution in [0.4, 0.5) is 5.82 Å². The number of anilines is 1. The lowest BCUT2D eigenvalue weighted by Crippen LogP contribution is -2.20. The fourth-order valence-electron chi connectivity index (χ4n) is 1.39. The van der Waals surface area contributed by atoms with Crippen LogP contribution in [0.2, 0.25) is 5.02 Å². The van der Waals surface area contributed by atoms with Gasteiger partial charge in [0, 0.05) is 0 Å². The molecule has 0 amide bonds. The van der Waals surface area contributed by atoms with Crippen LogP contribution in [0.25, 0.3) is 0 Å². The van der Waals surface area contributed by atoms with Crippen LogP contribution in [-0.4, -0.2) is 36.2 Å². The largest absolute Gasteiger partial charge is 0.383 e. The number of aromatic nitrogens is 2. The third-order valence-electron chi connectivity index (χ3n) is 2.13. The minimum absolute atomic E-state index is 0.0185. The lowest BCUT2D eigenvalue weighted by Gasteiger charge is -2.15. The number of hydrogen-bond donors (Lipinski definition) is 1. The van der Waals surface area contributed by atoms with E-state index in [0.717, 1.165) is 0 Å². The molecule has 0 radical (unpaired) electrons. The molecule has 0 saturated carbocycles. The van der Waals surface area contributed by atoms with E-state index in [1.54, 1.807) is 4.68 Å². The van der Waals surface area contributed by atoms with Crippen LogP contribution in [0.1, 0.15) is 6.04 Å². The molecule has 1 aliphatic rings. The number of ether oxygens (including phenoxy) is 2. The second-order valence-electron chi connectivity index (χ2n) is 3.13. The van der Waals surface area contributed by atoms with Gasteiger partial charge in [0.1, 0.15) is 16.9 Å². The molecular weight excluding hydrogens is 206 g/mol. The molecule has 0 spiro atoms.